The van der Waals surface area contributed by atoms with Crippen molar-refractivity contribution in [3.8, 4) is 0 Å². The average Bonchev–Trinajstić information content (AvgIpc) is 2.16. The molecule has 5 heteroatoms. The lowest BCUT2D eigenvalue weighted by molar-refractivity contribution is 0.131. The number of benzene rings is 1. The lowest BCUT2D eigenvalue weighted by Gasteiger charge is -2.06. The van der Waals surface area contributed by atoms with Crippen molar-refractivity contribution in [1.82, 2.24) is 0 Å². The molecule has 0 amide bonds. The maximum atomic E-state index is 13.1. The van der Waals surface area contributed by atoms with Gasteiger partial charge in [0.25, 0.3) is 0 Å². The van der Waals surface area contributed by atoms with Crippen LogP contribution in [0.4, 0.5) is 4.39 Å². The summed E-state index contributed by atoms with van der Waals surface area (Å²) in [6.45, 7) is 2.44. The monoisotopic (exact) mass is 198 g/mol. The van der Waals surface area contributed by atoms with Crippen LogP contribution >= 0.6 is 0 Å². The normalized spacial score (nSPS) is 10.3. The summed E-state index contributed by atoms with van der Waals surface area (Å²) in [4.78, 5) is 0. The van der Waals surface area contributed by atoms with Gasteiger partial charge in [-0.25, -0.2) is 4.39 Å². The largest absolute Gasteiger partial charge is 0.488 e. The van der Waals surface area contributed by atoms with Gasteiger partial charge in [-0.3, -0.25) is 0 Å². The van der Waals surface area contributed by atoms with E-state index in [9.17, 15) is 4.39 Å². The number of rotatable bonds is 4. The molecule has 0 atom stereocenters. The molecule has 0 aromatic heterocycles. The average molecular weight is 198 g/mol. The first kappa shape index (κ1) is 11.2. The van der Waals surface area contributed by atoms with Crippen molar-refractivity contribution in [3.05, 3.63) is 29.6 Å². The van der Waals surface area contributed by atoms with Crippen molar-refractivity contribution in [2.45, 2.75) is 13.5 Å². The first-order valence-electron chi connectivity index (χ1n) is 4.37. The highest BCUT2D eigenvalue weighted by Gasteiger charge is 2.13. The number of ether oxygens (including phenoxy) is 1. The molecule has 2 N–H and O–H groups in total. The van der Waals surface area contributed by atoms with E-state index in [1.807, 2.05) is 6.92 Å². The zero-order valence-corrected chi connectivity index (χ0v) is 7.90. The van der Waals surface area contributed by atoms with E-state index in [1.54, 1.807) is 0 Å². The molecule has 0 heterocycles. The second kappa shape index (κ2) is 5.09. The SMILES string of the molecule is CCOCc1cc(B(O)O)ccc1F. The second-order valence-electron chi connectivity index (χ2n) is 2.86. The number of hydrogen-bond donors (Lipinski definition) is 2. The Morgan fingerprint density at radius 2 is 2.14 bits per heavy atom. The predicted octanol–water partition coefficient (Wildman–Crippen LogP) is 0.0420. The van der Waals surface area contributed by atoms with E-state index >= 15 is 0 Å². The van der Waals surface area contributed by atoms with Crippen LogP contribution in [0.25, 0.3) is 0 Å². The van der Waals surface area contributed by atoms with Crippen LogP contribution < -0.4 is 5.46 Å². The van der Waals surface area contributed by atoms with Gasteiger partial charge >= 0.3 is 7.12 Å². The topological polar surface area (TPSA) is 49.7 Å². The number of halogens is 1. The van der Waals surface area contributed by atoms with Crippen LogP contribution in [0.15, 0.2) is 18.2 Å². The second-order valence-corrected chi connectivity index (χ2v) is 2.86. The van der Waals surface area contributed by atoms with Crippen molar-refractivity contribution in [2.24, 2.45) is 0 Å². The summed E-state index contributed by atoms with van der Waals surface area (Å²) in [5, 5.41) is 17.7. The molecular formula is C9H12BFO3. The lowest BCUT2D eigenvalue weighted by atomic mass is 9.79. The van der Waals surface area contributed by atoms with E-state index < -0.39 is 12.9 Å². The molecule has 0 radical (unpaired) electrons. The van der Waals surface area contributed by atoms with Gasteiger partial charge in [-0.15, -0.1) is 0 Å². The first-order chi connectivity index (χ1) is 6.65. The molecule has 0 saturated carbocycles. The fraction of sp³-hybridized carbons (Fsp3) is 0.333. The summed E-state index contributed by atoms with van der Waals surface area (Å²) in [7, 11) is -1.57. The highest BCUT2D eigenvalue weighted by molar-refractivity contribution is 6.58. The third-order valence-electron chi connectivity index (χ3n) is 1.83. The van der Waals surface area contributed by atoms with E-state index in [0.717, 1.165) is 0 Å². The summed E-state index contributed by atoms with van der Waals surface area (Å²) in [6.07, 6.45) is 0. The fourth-order valence-electron chi connectivity index (χ4n) is 1.08. The maximum absolute atomic E-state index is 13.1. The summed E-state index contributed by atoms with van der Waals surface area (Å²) in [6, 6.07) is 3.91. The Hall–Kier alpha value is -0.905. The molecule has 0 fully saturated rings. The Morgan fingerprint density at radius 3 is 2.71 bits per heavy atom. The van der Waals surface area contributed by atoms with Crippen molar-refractivity contribution < 1.29 is 19.2 Å². The van der Waals surface area contributed by atoms with Gasteiger partial charge in [0, 0.05) is 12.2 Å². The van der Waals surface area contributed by atoms with E-state index in [4.69, 9.17) is 14.8 Å². The maximum Gasteiger partial charge on any atom is 0.488 e. The van der Waals surface area contributed by atoms with Crippen molar-refractivity contribution in [1.29, 1.82) is 0 Å². The molecular weight excluding hydrogens is 186 g/mol. The van der Waals surface area contributed by atoms with Gasteiger partial charge in [-0.2, -0.15) is 0 Å². The minimum atomic E-state index is -1.57. The zero-order chi connectivity index (χ0) is 10.6. The standard InChI is InChI=1S/C9H12BFO3/c1-2-14-6-7-5-8(10(12)13)3-4-9(7)11/h3-5,12-13H,2,6H2,1H3. The smallest absolute Gasteiger partial charge is 0.423 e. The van der Waals surface area contributed by atoms with Crippen LogP contribution in [0.2, 0.25) is 0 Å². The van der Waals surface area contributed by atoms with Gasteiger partial charge in [0.15, 0.2) is 0 Å². The molecule has 0 aliphatic heterocycles. The quantitative estimate of drug-likeness (QED) is 0.671. The van der Waals surface area contributed by atoms with Gasteiger partial charge in [0.1, 0.15) is 5.82 Å². The van der Waals surface area contributed by atoms with Crippen LogP contribution in [0.1, 0.15) is 12.5 Å². The van der Waals surface area contributed by atoms with Gasteiger partial charge in [-0.1, -0.05) is 12.1 Å². The molecule has 0 unspecified atom stereocenters. The molecule has 0 aliphatic carbocycles. The van der Waals surface area contributed by atoms with Crippen molar-refractivity contribution in [2.75, 3.05) is 6.61 Å². The van der Waals surface area contributed by atoms with Crippen LogP contribution in [0.5, 0.6) is 0 Å². The molecule has 1 rings (SSSR count). The van der Waals surface area contributed by atoms with Crippen LogP contribution in [-0.2, 0) is 11.3 Å². The van der Waals surface area contributed by atoms with E-state index in [2.05, 4.69) is 0 Å². The summed E-state index contributed by atoms with van der Waals surface area (Å²) < 4.78 is 18.1. The van der Waals surface area contributed by atoms with Crippen LogP contribution in [0.3, 0.4) is 0 Å². The Labute approximate surface area is 82.3 Å². The van der Waals surface area contributed by atoms with Crippen LogP contribution in [-0.4, -0.2) is 23.8 Å². The lowest BCUT2D eigenvalue weighted by Crippen LogP contribution is -2.30. The molecule has 0 saturated heterocycles. The Balaban J connectivity index is 2.85. The Morgan fingerprint density at radius 1 is 1.43 bits per heavy atom. The molecule has 3 nitrogen and oxygen atoms in total. The van der Waals surface area contributed by atoms with Gasteiger partial charge in [0.05, 0.1) is 6.61 Å². The third-order valence-corrected chi connectivity index (χ3v) is 1.83. The van der Waals surface area contributed by atoms with Crippen molar-refractivity contribution >= 4 is 12.6 Å². The molecule has 1 aromatic carbocycles. The van der Waals surface area contributed by atoms with Gasteiger partial charge < -0.3 is 14.8 Å². The minimum Gasteiger partial charge on any atom is -0.423 e. The summed E-state index contributed by atoms with van der Waals surface area (Å²) in [5.41, 5.74) is 0.596. The highest BCUT2D eigenvalue weighted by Crippen LogP contribution is 2.06. The first-order valence-corrected chi connectivity index (χ1v) is 4.37. The zero-order valence-electron chi connectivity index (χ0n) is 7.90. The molecule has 14 heavy (non-hydrogen) atoms. The predicted molar refractivity (Wildman–Crippen MR) is 51.6 cm³/mol. The number of hydrogen-bond acceptors (Lipinski definition) is 3. The molecule has 76 valence electrons. The minimum absolute atomic E-state index is 0.142. The highest BCUT2D eigenvalue weighted by atomic mass is 19.1. The Kier molecular flexibility index (Phi) is 4.07. The van der Waals surface area contributed by atoms with E-state index in [-0.39, 0.29) is 12.1 Å². The van der Waals surface area contributed by atoms with Crippen LogP contribution in [0, 0.1) is 5.82 Å². The summed E-state index contributed by atoms with van der Waals surface area (Å²) >= 11 is 0. The van der Waals surface area contributed by atoms with E-state index in [0.29, 0.717) is 12.2 Å². The molecule has 0 aliphatic rings. The van der Waals surface area contributed by atoms with Gasteiger partial charge in [-0.05, 0) is 18.5 Å². The van der Waals surface area contributed by atoms with E-state index in [1.165, 1.54) is 18.2 Å². The Bertz CT molecular complexity index is 304. The molecule has 0 bridgehead atoms. The molecule has 1 aromatic rings. The van der Waals surface area contributed by atoms with Crippen molar-refractivity contribution in [3.63, 3.8) is 0 Å². The fourth-order valence-corrected chi connectivity index (χ4v) is 1.08. The molecule has 0 spiro atoms. The van der Waals surface area contributed by atoms with Gasteiger partial charge in [0.2, 0.25) is 0 Å². The summed E-state index contributed by atoms with van der Waals surface area (Å²) in [5.74, 6) is -0.400. The third kappa shape index (κ3) is 2.80.